The summed E-state index contributed by atoms with van der Waals surface area (Å²) in [4.78, 5) is 26.9. The second-order valence-electron chi connectivity index (χ2n) is 3.10. The molecule has 0 unspecified atom stereocenters. The van der Waals surface area contributed by atoms with Crippen molar-refractivity contribution in [1.29, 1.82) is 0 Å². The van der Waals surface area contributed by atoms with Gasteiger partial charge in [-0.1, -0.05) is 12.1 Å². The Morgan fingerprint density at radius 3 is 2.71 bits per heavy atom. The predicted octanol–water partition coefficient (Wildman–Crippen LogP) is 0.988. The van der Waals surface area contributed by atoms with Crippen molar-refractivity contribution >= 4 is 17.7 Å². The van der Waals surface area contributed by atoms with Crippen molar-refractivity contribution in [1.82, 2.24) is 5.48 Å². The first-order chi connectivity index (χ1) is 8.02. The van der Waals surface area contributed by atoms with Crippen LogP contribution in [0.25, 0.3) is 0 Å². The molecule has 0 radical (unpaired) electrons. The summed E-state index contributed by atoms with van der Waals surface area (Å²) < 4.78 is 13.3. The Kier molecular flexibility index (Phi) is 4.41. The maximum absolute atomic E-state index is 13.3. The van der Waals surface area contributed by atoms with Gasteiger partial charge in [-0.25, -0.2) is 19.5 Å². The molecule has 2 N–H and O–H groups in total. The van der Waals surface area contributed by atoms with E-state index in [1.54, 1.807) is 6.07 Å². The van der Waals surface area contributed by atoms with Crippen LogP contribution in [0.5, 0.6) is 0 Å². The number of rotatable bonds is 4. The molecule has 0 fully saturated rings. The number of aliphatic carboxylic acids is 1. The second-order valence-corrected chi connectivity index (χ2v) is 3.10. The molecule has 6 nitrogen and oxygen atoms in total. The monoisotopic (exact) mass is 242 g/mol. The molecule has 1 aromatic carbocycles. The Morgan fingerprint density at radius 2 is 2.12 bits per heavy atom. The molecule has 0 aliphatic rings. The van der Waals surface area contributed by atoms with E-state index in [9.17, 15) is 14.0 Å². The number of nitrogens with zero attached hydrogens (tertiary/aromatic N) is 1. The van der Waals surface area contributed by atoms with Crippen LogP contribution < -0.4 is 10.4 Å². The van der Waals surface area contributed by atoms with Gasteiger partial charge in [-0.3, -0.25) is 9.74 Å². The Bertz CT molecular complexity index is 425. The van der Waals surface area contributed by atoms with Crippen LogP contribution in [0.15, 0.2) is 24.3 Å². The largest absolute Gasteiger partial charge is 0.479 e. The maximum atomic E-state index is 13.3. The van der Waals surface area contributed by atoms with Crippen LogP contribution in [0.4, 0.5) is 14.9 Å². The number of hydrogen-bond donors (Lipinski definition) is 2. The molecule has 0 aliphatic carbocycles. The first-order valence-electron chi connectivity index (χ1n) is 4.64. The van der Waals surface area contributed by atoms with Crippen molar-refractivity contribution in [2.45, 2.75) is 0 Å². The quantitative estimate of drug-likeness (QED) is 0.771. The van der Waals surface area contributed by atoms with Gasteiger partial charge in [-0.15, -0.1) is 0 Å². The molecule has 17 heavy (non-hydrogen) atoms. The number of anilines is 1. The lowest BCUT2D eigenvalue weighted by Crippen LogP contribution is -2.38. The fourth-order valence-electron chi connectivity index (χ4n) is 1.06. The Morgan fingerprint density at radius 1 is 1.47 bits per heavy atom. The second kappa shape index (κ2) is 5.80. The number of halogens is 1. The van der Waals surface area contributed by atoms with E-state index in [4.69, 9.17) is 5.11 Å². The standard InChI is InChI=1S/C10H11FN2O4/c1-13(8-5-3-2-4-7(8)11)10(16)12-17-6-9(14)15/h2-5H,6H2,1H3,(H,12,16)(H,14,15). The van der Waals surface area contributed by atoms with Gasteiger partial charge >= 0.3 is 12.0 Å². The number of carboxylic acids is 1. The van der Waals surface area contributed by atoms with E-state index in [0.717, 1.165) is 4.90 Å². The molecule has 0 saturated heterocycles. The van der Waals surface area contributed by atoms with Gasteiger partial charge in [0.05, 0.1) is 5.69 Å². The molecule has 0 bridgehead atoms. The highest BCUT2D eigenvalue weighted by Crippen LogP contribution is 2.16. The zero-order valence-electron chi connectivity index (χ0n) is 9.01. The van der Waals surface area contributed by atoms with E-state index >= 15 is 0 Å². The first kappa shape index (κ1) is 12.9. The number of carboxylic acid groups (broad SMARTS) is 1. The third-order valence-corrected chi connectivity index (χ3v) is 1.87. The number of amides is 2. The minimum atomic E-state index is -1.22. The topological polar surface area (TPSA) is 78.9 Å². The van der Waals surface area contributed by atoms with Crippen LogP contribution in [0.2, 0.25) is 0 Å². The average molecular weight is 242 g/mol. The van der Waals surface area contributed by atoms with Gasteiger partial charge in [-0.2, -0.15) is 0 Å². The highest BCUT2D eigenvalue weighted by atomic mass is 19.1. The minimum Gasteiger partial charge on any atom is -0.479 e. The summed E-state index contributed by atoms with van der Waals surface area (Å²) in [6.07, 6.45) is 0. The number of para-hydroxylation sites is 1. The van der Waals surface area contributed by atoms with Crippen LogP contribution in [-0.2, 0) is 9.63 Å². The third kappa shape index (κ3) is 3.72. The lowest BCUT2D eigenvalue weighted by atomic mass is 10.3. The molecule has 2 amide bonds. The highest BCUT2D eigenvalue weighted by Gasteiger charge is 2.14. The van der Waals surface area contributed by atoms with E-state index in [0.29, 0.717) is 0 Å². The average Bonchev–Trinajstić information content (AvgIpc) is 2.28. The summed E-state index contributed by atoms with van der Waals surface area (Å²) in [5.41, 5.74) is 1.94. The third-order valence-electron chi connectivity index (χ3n) is 1.87. The van der Waals surface area contributed by atoms with Gasteiger partial charge < -0.3 is 5.11 Å². The number of benzene rings is 1. The molecule has 0 aliphatic heterocycles. The summed E-state index contributed by atoms with van der Waals surface area (Å²) in [6.45, 7) is -0.670. The molecule has 0 atom stereocenters. The van der Waals surface area contributed by atoms with Gasteiger partial charge in [0.2, 0.25) is 0 Å². The predicted molar refractivity (Wildman–Crippen MR) is 56.9 cm³/mol. The number of carbonyl (C=O) groups is 2. The van der Waals surface area contributed by atoms with E-state index in [-0.39, 0.29) is 5.69 Å². The van der Waals surface area contributed by atoms with Gasteiger partial charge in [-0.05, 0) is 12.1 Å². The van der Waals surface area contributed by atoms with Crippen molar-refractivity contribution in [3.8, 4) is 0 Å². The van der Waals surface area contributed by atoms with Crippen LogP contribution in [-0.4, -0.2) is 30.8 Å². The lowest BCUT2D eigenvalue weighted by Gasteiger charge is -2.17. The molecule has 1 rings (SSSR count). The van der Waals surface area contributed by atoms with E-state index in [2.05, 4.69) is 4.84 Å². The zero-order valence-corrected chi connectivity index (χ0v) is 9.01. The maximum Gasteiger partial charge on any atom is 0.345 e. The number of carbonyl (C=O) groups excluding carboxylic acids is 1. The SMILES string of the molecule is CN(C(=O)NOCC(=O)O)c1ccccc1F. The van der Waals surface area contributed by atoms with Crippen LogP contribution in [0.1, 0.15) is 0 Å². The summed E-state index contributed by atoms with van der Waals surface area (Å²) in [5, 5.41) is 8.28. The molecule has 7 heteroatoms. The smallest absolute Gasteiger partial charge is 0.345 e. The first-order valence-corrected chi connectivity index (χ1v) is 4.64. The number of nitrogens with one attached hydrogen (secondary N) is 1. The number of hydrogen-bond acceptors (Lipinski definition) is 3. The molecule has 1 aromatic rings. The van der Waals surface area contributed by atoms with E-state index < -0.39 is 24.4 Å². The Hall–Kier alpha value is -2.15. The number of urea groups is 1. The van der Waals surface area contributed by atoms with Crippen LogP contribution in [0.3, 0.4) is 0 Å². The summed E-state index contributed by atoms with van der Waals surface area (Å²) in [6, 6.07) is 4.91. The summed E-state index contributed by atoms with van der Waals surface area (Å²) in [7, 11) is 1.33. The van der Waals surface area contributed by atoms with Gasteiger partial charge in [0.15, 0.2) is 6.61 Å². The zero-order chi connectivity index (χ0) is 12.8. The number of hydroxylamine groups is 1. The van der Waals surface area contributed by atoms with E-state index in [1.165, 1.54) is 25.2 Å². The Balaban J connectivity index is 2.58. The minimum absolute atomic E-state index is 0.0592. The summed E-state index contributed by atoms with van der Waals surface area (Å²) in [5.74, 6) is -1.79. The van der Waals surface area contributed by atoms with Gasteiger partial charge in [0.1, 0.15) is 5.82 Å². The van der Waals surface area contributed by atoms with Gasteiger partial charge in [0, 0.05) is 7.05 Å². The fourth-order valence-corrected chi connectivity index (χ4v) is 1.06. The highest BCUT2D eigenvalue weighted by molar-refractivity contribution is 5.90. The van der Waals surface area contributed by atoms with Crippen molar-refractivity contribution in [3.63, 3.8) is 0 Å². The summed E-state index contributed by atoms with van der Waals surface area (Å²) >= 11 is 0. The van der Waals surface area contributed by atoms with Crippen LogP contribution >= 0.6 is 0 Å². The lowest BCUT2D eigenvalue weighted by molar-refractivity contribution is -0.143. The molecule has 92 valence electrons. The molecular weight excluding hydrogens is 231 g/mol. The molecule has 0 aromatic heterocycles. The fraction of sp³-hybridized carbons (Fsp3) is 0.200. The van der Waals surface area contributed by atoms with Crippen LogP contribution in [0, 0.1) is 5.82 Å². The molecule has 0 heterocycles. The van der Waals surface area contributed by atoms with Crippen molar-refractivity contribution < 1.29 is 23.9 Å². The normalized spacial score (nSPS) is 9.76. The van der Waals surface area contributed by atoms with Crippen molar-refractivity contribution in [3.05, 3.63) is 30.1 Å². The molecule has 0 spiro atoms. The molecular formula is C10H11FN2O4. The van der Waals surface area contributed by atoms with Crippen molar-refractivity contribution in [2.24, 2.45) is 0 Å². The van der Waals surface area contributed by atoms with E-state index in [1.807, 2.05) is 5.48 Å². The Labute approximate surface area is 96.6 Å². The molecule has 0 saturated carbocycles. The van der Waals surface area contributed by atoms with Crippen molar-refractivity contribution in [2.75, 3.05) is 18.6 Å². The van der Waals surface area contributed by atoms with Gasteiger partial charge in [0.25, 0.3) is 0 Å².